The van der Waals surface area contributed by atoms with Crippen LogP contribution in [0.1, 0.15) is 28.8 Å². The minimum atomic E-state index is -0.134. The molecule has 2 heterocycles. The van der Waals surface area contributed by atoms with Crippen LogP contribution in [0.2, 0.25) is 0 Å². The number of hydrogen-bond donors (Lipinski definition) is 1. The van der Waals surface area contributed by atoms with Crippen LogP contribution in [-0.4, -0.2) is 27.2 Å². The molecule has 0 aliphatic carbocycles. The maximum absolute atomic E-state index is 11.9. The lowest BCUT2D eigenvalue weighted by molar-refractivity contribution is 0.0941. The summed E-state index contributed by atoms with van der Waals surface area (Å²) < 4.78 is 1.98. The lowest BCUT2D eigenvalue weighted by Crippen LogP contribution is -2.30. The van der Waals surface area contributed by atoms with Gasteiger partial charge in [0.1, 0.15) is 5.69 Å². The van der Waals surface area contributed by atoms with Crippen molar-refractivity contribution in [3.05, 3.63) is 47.5 Å². The molecule has 0 saturated heterocycles. The molecule has 0 spiro atoms. The minimum absolute atomic E-state index is 0.134. The number of aromatic nitrogens is 3. The fourth-order valence-electron chi connectivity index (χ4n) is 2.07. The normalized spacial score (nSPS) is 12.2. The van der Waals surface area contributed by atoms with Crippen molar-refractivity contribution in [1.29, 1.82) is 0 Å². The van der Waals surface area contributed by atoms with Gasteiger partial charge < -0.3 is 5.32 Å². The first-order valence-electron chi connectivity index (χ1n) is 6.76. The van der Waals surface area contributed by atoms with Crippen molar-refractivity contribution in [3.8, 4) is 0 Å². The molecule has 5 heteroatoms. The van der Waals surface area contributed by atoms with Crippen LogP contribution in [0.4, 0.5) is 0 Å². The smallest absolute Gasteiger partial charge is 0.269 e. The molecule has 2 rings (SSSR count). The number of nitrogens with zero attached hydrogens (tertiary/aromatic N) is 3. The third-order valence-electron chi connectivity index (χ3n) is 3.10. The number of amides is 1. The maximum atomic E-state index is 11.9. The first kappa shape index (κ1) is 14.2. The van der Waals surface area contributed by atoms with Gasteiger partial charge in [-0.1, -0.05) is 13.0 Å². The maximum Gasteiger partial charge on any atom is 0.269 e. The third kappa shape index (κ3) is 3.66. The predicted octanol–water partition coefficient (Wildman–Crippen LogP) is 1.96. The Morgan fingerprint density at radius 3 is 2.80 bits per heavy atom. The van der Waals surface area contributed by atoms with Crippen LogP contribution in [0.5, 0.6) is 0 Å². The molecule has 1 unspecified atom stereocenters. The molecule has 5 nitrogen and oxygen atoms in total. The lowest BCUT2D eigenvalue weighted by Gasteiger charge is -2.13. The summed E-state index contributed by atoms with van der Waals surface area (Å²) in [6, 6.07) is 7.36. The Hall–Kier alpha value is -2.17. The highest BCUT2D eigenvalue weighted by Crippen LogP contribution is 2.06. The van der Waals surface area contributed by atoms with Crippen LogP contribution in [0.25, 0.3) is 0 Å². The number of aryl methyl sites for hydroxylation is 2. The van der Waals surface area contributed by atoms with Crippen LogP contribution in [-0.2, 0) is 6.54 Å². The molecular formula is C15H20N4O. The fraction of sp³-hybridized carbons (Fsp3) is 0.400. The average molecular weight is 272 g/mol. The van der Waals surface area contributed by atoms with Crippen molar-refractivity contribution in [1.82, 2.24) is 20.1 Å². The molecule has 0 bridgehead atoms. The van der Waals surface area contributed by atoms with E-state index in [1.807, 2.05) is 18.5 Å². The predicted molar refractivity (Wildman–Crippen MR) is 77.4 cm³/mol. The Morgan fingerprint density at radius 1 is 1.40 bits per heavy atom. The summed E-state index contributed by atoms with van der Waals surface area (Å²) in [4.78, 5) is 15.9. The van der Waals surface area contributed by atoms with Crippen molar-refractivity contribution in [2.24, 2.45) is 5.92 Å². The van der Waals surface area contributed by atoms with Gasteiger partial charge >= 0.3 is 0 Å². The van der Waals surface area contributed by atoms with Gasteiger partial charge in [-0.25, -0.2) is 0 Å². The Labute approximate surface area is 119 Å². The van der Waals surface area contributed by atoms with Crippen molar-refractivity contribution in [2.45, 2.75) is 27.3 Å². The van der Waals surface area contributed by atoms with Gasteiger partial charge in [-0.2, -0.15) is 5.10 Å². The number of nitrogens with one attached hydrogen (secondary N) is 1. The van der Waals surface area contributed by atoms with Gasteiger partial charge in [0.25, 0.3) is 5.91 Å². The van der Waals surface area contributed by atoms with Crippen molar-refractivity contribution < 1.29 is 4.79 Å². The van der Waals surface area contributed by atoms with Crippen LogP contribution < -0.4 is 5.32 Å². The highest BCUT2D eigenvalue weighted by Gasteiger charge is 2.10. The zero-order valence-corrected chi connectivity index (χ0v) is 12.1. The Kier molecular flexibility index (Phi) is 4.50. The summed E-state index contributed by atoms with van der Waals surface area (Å²) in [5.74, 6) is 0.173. The molecule has 2 aromatic heterocycles. The number of carbonyl (C=O) groups excluding carboxylic acids is 1. The summed E-state index contributed by atoms with van der Waals surface area (Å²) >= 11 is 0. The van der Waals surface area contributed by atoms with Crippen LogP contribution in [0.15, 0.2) is 30.5 Å². The van der Waals surface area contributed by atoms with E-state index in [1.54, 1.807) is 24.4 Å². The van der Waals surface area contributed by atoms with Crippen LogP contribution >= 0.6 is 0 Å². The molecule has 0 aliphatic rings. The highest BCUT2D eigenvalue weighted by molar-refractivity contribution is 5.92. The second-order valence-electron chi connectivity index (χ2n) is 5.14. The SMILES string of the molecule is Cc1cc(C)n(CC(C)CNC(=O)c2ccccn2)n1. The molecule has 1 amide bonds. The van der Waals surface area contributed by atoms with E-state index in [2.05, 4.69) is 28.4 Å². The van der Waals surface area contributed by atoms with E-state index in [1.165, 1.54) is 0 Å². The van der Waals surface area contributed by atoms with E-state index >= 15 is 0 Å². The van der Waals surface area contributed by atoms with Gasteiger partial charge in [-0.15, -0.1) is 0 Å². The molecule has 1 atom stereocenters. The van der Waals surface area contributed by atoms with E-state index in [0.717, 1.165) is 17.9 Å². The molecule has 1 N–H and O–H groups in total. The van der Waals surface area contributed by atoms with Crippen molar-refractivity contribution in [2.75, 3.05) is 6.54 Å². The van der Waals surface area contributed by atoms with E-state index in [-0.39, 0.29) is 5.91 Å². The molecule has 0 fully saturated rings. The Bertz CT molecular complexity index is 577. The van der Waals surface area contributed by atoms with Gasteiger partial charge in [0.2, 0.25) is 0 Å². The fourth-order valence-corrected chi connectivity index (χ4v) is 2.07. The van der Waals surface area contributed by atoms with Crippen molar-refractivity contribution >= 4 is 5.91 Å². The number of rotatable bonds is 5. The summed E-state index contributed by atoms with van der Waals surface area (Å²) in [6.07, 6.45) is 1.62. The van der Waals surface area contributed by atoms with Crippen LogP contribution in [0, 0.1) is 19.8 Å². The largest absolute Gasteiger partial charge is 0.350 e. The van der Waals surface area contributed by atoms with Gasteiger partial charge in [-0.05, 0) is 38.0 Å². The zero-order chi connectivity index (χ0) is 14.5. The Morgan fingerprint density at radius 2 is 2.20 bits per heavy atom. The summed E-state index contributed by atoms with van der Waals surface area (Å²) in [7, 11) is 0. The topological polar surface area (TPSA) is 59.8 Å². The second kappa shape index (κ2) is 6.32. The Balaban J connectivity index is 1.85. The standard InChI is InChI=1S/C15H20N4O/c1-11(10-19-13(3)8-12(2)18-19)9-17-15(20)14-6-4-5-7-16-14/h4-8,11H,9-10H2,1-3H3,(H,17,20). The summed E-state index contributed by atoms with van der Waals surface area (Å²) in [5, 5.41) is 7.33. The summed E-state index contributed by atoms with van der Waals surface area (Å²) in [6.45, 7) is 7.52. The average Bonchev–Trinajstić information content (AvgIpc) is 2.75. The van der Waals surface area contributed by atoms with Crippen LogP contribution in [0.3, 0.4) is 0 Å². The molecule has 20 heavy (non-hydrogen) atoms. The number of pyridine rings is 1. The van der Waals surface area contributed by atoms with Gasteiger partial charge in [-0.3, -0.25) is 14.5 Å². The summed E-state index contributed by atoms with van der Waals surface area (Å²) in [5.41, 5.74) is 2.61. The van der Waals surface area contributed by atoms with Gasteiger partial charge in [0.15, 0.2) is 0 Å². The number of carbonyl (C=O) groups is 1. The molecule has 0 radical (unpaired) electrons. The zero-order valence-electron chi connectivity index (χ0n) is 12.1. The first-order valence-corrected chi connectivity index (χ1v) is 6.76. The molecule has 2 aromatic rings. The van der Waals surface area contributed by atoms with Gasteiger partial charge in [0.05, 0.1) is 5.69 Å². The molecule has 0 saturated carbocycles. The second-order valence-corrected chi connectivity index (χ2v) is 5.14. The first-order chi connectivity index (χ1) is 9.56. The minimum Gasteiger partial charge on any atom is -0.350 e. The lowest BCUT2D eigenvalue weighted by atomic mass is 10.2. The quantitative estimate of drug-likeness (QED) is 0.905. The van der Waals surface area contributed by atoms with Crippen molar-refractivity contribution in [3.63, 3.8) is 0 Å². The van der Waals surface area contributed by atoms with E-state index in [0.29, 0.717) is 18.2 Å². The highest BCUT2D eigenvalue weighted by atomic mass is 16.1. The monoisotopic (exact) mass is 272 g/mol. The van der Waals surface area contributed by atoms with E-state index in [9.17, 15) is 4.79 Å². The number of hydrogen-bond acceptors (Lipinski definition) is 3. The molecule has 0 aliphatic heterocycles. The molecule has 0 aromatic carbocycles. The molecule has 106 valence electrons. The molecular weight excluding hydrogens is 252 g/mol. The van der Waals surface area contributed by atoms with E-state index in [4.69, 9.17) is 0 Å². The van der Waals surface area contributed by atoms with Gasteiger partial charge in [0, 0.05) is 25.0 Å². The third-order valence-corrected chi connectivity index (χ3v) is 3.10. The van der Waals surface area contributed by atoms with E-state index < -0.39 is 0 Å².